The van der Waals surface area contributed by atoms with Crippen molar-refractivity contribution < 1.29 is 9.15 Å². The molecule has 1 aromatic heterocycles. The van der Waals surface area contributed by atoms with Gasteiger partial charge in [-0.3, -0.25) is 0 Å². The molecule has 0 fully saturated rings. The molecule has 1 unspecified atom stereocenters. The fourth-order valence-corrected chi connectivity index (χ4v) is 2.30. The van der Waals surface area contributed by atoms with Crippen LogP contribution in [0.5, 0.6) is 0 Å². The van der Waals surface area contributed by atoms with Crippen LogP contribution in [0.2, 0.25) is 0 Å². The Hall–Kier alpha value is -0.280. The van der Waals surface area contributed by atoms with E-state index in [4.69, 9.17) is 9.15 Å². The van der Waals surface area contributed by atoms with Crippen molar-refractivity contribution in [3.05, 3.63) is 23.7 Å². The van der Waals surface area contributed by atoms with Crippen LogP contribution in [-0.4, -0.2) is 18.0 Å². The van der Waals surface area contributed by atoms with Crippen molar-refractivity contribution in [3.8, 4) is 0 Å². The van der Waals surface area contributed by atoms with Crippen LogP contribution in [0.1, 0.15) is 51.1 Å². The number of unbranched alkanes of at least 4 members (excludes halogenated alkanes) is 1. The fourth-order valence-electron chi connectivity index (χ4n) is 1.91. The molecule has 2 nitrogen and oxygen atoms in total. The monoisotopic (exact) mass is 316 g/mol. The second-order valence-corrected chi connectivity index (χ2v) is 5.53. The summed E-state index contributed by atoms with van der Waals surface area (Å²) in [6.45, 7) is 5.08. The number of halogens is 1. The zero-order valence-corrected chi connectivity index (χ0v) is 13.2. The number of alkyl halides is 1. The summed E-state index contributed by atoms with van der Waals surface area (Å²) in [4.78, 5) is 0. The number of hydrogen-bond donors (Lipinski definition) is 0. The Morgan fingerprint density at radius 3 is 2.61 bits per heavy atom. The molecule has 0 N–H and O–H groups in total. The second kappa shape index (κ2) is 9.62. The fraction of sp³-hybridized carbons (Fsp3) is 0.733. The summed E-state index contributed by atoms with van der Waals surface area (Å²) in [5, 5.41) is 1.09. The molecule has 1 aromatic rings. The van der Waals surface area contributed by atoms with Gasteiger partial charge < -0.3 is 9.15 Å². The maximum atomic E-state index is 5.79. The first-order chi connectivity index (χ1) is 8.76. The van der Waals surface area contributed by atoms with E-state index in [1.54, 1.807) is 0 Å². The summed E-state index contributed by atoms with van der Waals surface area (Å²) in [6, 6.07) is 4.15. The van der Waals surface area contributed by atoms with Gasteiger partial charge in [-0.1, -0.05) is 29.3 Å². The highest BCUT2D eigenvalue weighted by molar-refractivity contribution is 9.09. The summed E-state index contributed by atoms with van der Waals surface area (Å²) < 4.78 is 11.5. The van der Waals surface area contributed by atoms with Crippen molar-refractivity contribution in [1.29, 1.82) is 0 Å². The molecule has 0 saturated heterocycles. The van der Waals surface area contributed by atoms with Gasteiger partial charge in [-0.15, -0.1) is 0 Å². The average molecular weight is 317 g/mol. The Morgan fingerprint density at radius 1 is 1.22 bits per heavy atom. The van der Waals surface area contributed by atoms with E-state index in [-0.39, 0.29) is 0 Å². The van der Waals surface area contributed by atoms with Gasteiger partial charge in [-0.05, 0) is 38.3 Å². The van der Waals surface area contributed by atoms with Gasteiger partial charge in [0.25, 0.3) is 0 Å². The highest BCUT2D eigenvalue weighted by Crippen LogP contribution is 2.12. The van der Waals surface area contributed by atoms with E-state index in [9.17, 15) is 0 Å². The van der Waals surface area contributed by atoms with E-state index < -0.39 is 0 Å². The summed E-state index contributed by atoms with van der Waals surface area (Å²) in [7, 11) is 0. The van der Waals surface area contributed by atoms with Crippen LogP contribution in [0.15, 0.2) is 16.5 Å². The highest BCUT2D eigenvalue weighted by atomic mass is 79.9. The maximum Gasteiger partial charge on any atom is 0.106 e. The number of aryl methyl sites for hydroxylation is 1. The maximum absolute atomic E-state index is 5.79. The molecule has 0 spiro atoms. The van der Waals surface area contributed by atoms with E-state index in [0.717, 1.165) is 49.1 Å². The summed E-state index contributed by atoms with van der Waals surface area (Å²) in [5.74, 6) is 2.14. The van der Waals surface area contributed by atoms with Crippen molar-refractivity contribution in [2.45, 2.75) is 58.5 Å². The van der Waals surface area contributed by atoms with Gasteiger partial charge in [0, 0.05) is 18.2 Å². The molecule has 1 rings (SSSR count). The lowest BCUT2D eigenvalue weighted by Crippen LogP contribution is -2.10. The number of ether oxygens (including phenoxy) is 1. The van der Waals surface area contributed by atoms with Gasteiger partial charge >= 0.3 is 0 Å². The zero-order valence-electron chi connectivity index (χ0n) is 11.6. The molecule has 0 aromatic carbocycles. The predicted octanol–water partition coefficient (Wildman–Crippen LogP) is 4.74. The molecule has 18 heavy (non-hydrogen) atoms. The SMILES string of the molecule is CCCc1ccc(CCOC(C)CCCCBr)o1. The zero-order chi connectivity index (χ0) is 13.2. The minimum Gasteiger partial charge on any atom is -0.466 e. The molecule has 0 aliphatic heterocycles. The lowest BCUT2D eigenvalue weighted by molar-refractivity contribution is 0.0588. The molecule has 1 atom stereocenters. The normalized spacial score (nSPS) is 12.8. The highest BCUT2D eigenvalue weighted by Gasteiger charge is 2.04. The molecule has 0 aliphatic carbocycles. The van der Waals surface area contributed by atoms with E-state index in [1.165, 1.54) is 12.8 Å². The quantitative estimate of drug-likeness (QED) is 0.459. The Kier molecular flexibility index (Phi) is 8.44. The number of rotatable bonds is 10. The Labute approximate surface area is 119 Å². The first-order valence-electron chi connectivity index (χ1n) is 7.01. The van der Waals surface area contributed by atoms with Gasteiger partial charge in [0.15, 0.2) is 0 Å². The molecular formula is C15H25BrO2. The lowest BCUT2D eigenvalue weighted by atomic mass is 10.2. The van der Waals surface area contributed by atoms with Crippen LogP contribution in [-0.2, 0) is 17.6 Å². The van der Waals surface area contributed by atoms with Crippen molar-refractivity contribution >= 4 is 15.9 Å². The number of furan rings is 1. The molecular weight excluding hydrogens is 292 g/mol. The first-order valence-corrected chi connectivity index (χ1v) is 8.13. The van der Waals surface area contributed by atoms with Gasteiger partial charge in [-0.2, -0.15) is 0 Å². The topological polar surface area (TPSA) is 22.4 Å². The summed E-state index contributed by atoms with van der Waals surface area (Å²) in [5.41, 5.74) is 0. The third kappa shape index (κ3) is 6.60. The third-order valence-corrected chi connectivity index (χ3v) is 3.52. The van der Waals surface area contributed by atoms with Gasteiger partial charge in [0.2, 0.25) is 0 Å². The minimum atomic E-state index is 0.356. The lowest BCUT2D eigenvalue weighted by Gasteiger charge is -2.11. The van der Waals surface area contributed by atoms with Gasteiger partial charge in [0.1, 0.15) is 11.5 Å². The average Bonchev–Trinajstić information content (AvgIpc) is 2.78. The molecule has 0 saturated carbocycles. The molecule has 0 bridgehead atoms. The Morgan fingerprint density at radius 2 is 1.94 bits per heavy atom. The first kappa shape index (κ1) is 15.8. The largest absolute Gasteiger partial charge is 0.466 e. The van der Waals surface area contributed by atoms with Crippen LogP contribution in [0.3, 0.4) is 0 Å². The van der Waals surface area contributed by atoms with Crippen molar-refractivity contribution in [2.24, 2.45) is 0 Å². The van der Waals surface area contributed by atoms with Crippen LogP contribution in [0, 0.1) is 0 Å². The Bertz CT molecular complexity index is 309. The van der Waals surface area contributed by atoms with Crippen molar-refractivity contribution in [3.63, 3.8) is 0 Å². The van der Waals surface area contributed by atoms with Crippen molar-refractivity contribution in [1.82, 2.24) is 0 Å². The van der Waals surface area contributed by atoms with Crippen LogP contribution < -0.4 is 0 Å². The smallest absolute Gasteiger partial charge is 0.106 e. The van der Waals surface area contributed by atoms with E-state index in [1.807, 2.05) is 0 Å². The van der Waals surface area contributed by atoms with Crippen LogP contribution >= 0.6 is 15.9 Å². The molecule has 0 aliphatic rings. The molecule has 0 radical (unpaired) electrons. The van der Waals surface area contributed by atoms with Crippen LogP contribution in [0.25, 0.3) is 0 Å². The summed E-state index contributed by atoms with van der Waals surface area (Å²) >= 11 is 3.44. The third-order valence-electron chi connectivity index (χ3n) is 2.96. The second-order valence-electron chi connectivity index (χ2n) is 4.73. The Balaban J connectivity index is 2.12. The van der Waals surface area contributed by atoms with Crippen molar-refractivity contribution in [2.75, 3.05) is 11.9 Å². The number of hydrogen-bond acceptors (Lipinski definition) is 2. The molecule has 1 heterocycles. The molecule has 3 heteroatoms. The van der Waals surface area contributed by atoms with Crippen LogP contribution in [0.4, 0.5) is 0 Å². The molecule has 0 amide bonds. The predicted molar refractivity (Wildman–Crippen MR) is 79.5 cm³/mol. The summed E-state index contributed by atoms with van der Waals surface area (Å²) in [6.07, 6.45) is 7.00. The van der Waals surface area contributed by atoms with E-state index in [0.29, 0.717) is 6.10 Å². The van der Waals surface area contributed by atoms with E-state index >= 15 is 0 Å². The van der Waals surface area contributed by atoms with E-state index in [2.05, 4.69) is 41.9 Å². The standard InChI is InChI=1S/C15H25BrO2/c1-3-6-14-8-9-15(18-14)10-12-17-13(2)7-4-5-11-16/h8-9,13H,3-7,10-12H2,1-2H3. The van der Waals surface area contributed by atoms with Gasteiger partial charge in [0.05, 0.1) is 12.7 Å². The minimum absolute atomic E-state index is 0.356. The van der Waals surface area contributed by atoms with Gasteiger partial charge in [-0.25, -0.2) is 0 Å². The molecule has 104 valence electrons.